The first-order valence-corrected chi connectivity index (χ1v) is 17.5. The largest absolute Gasteiger partial charge is 0.350 e. The van der Waals surface area contributed by atoms with Gasteiger partial charge in [0.25, 0.3) is 10.0 Å². The molecule has 0 radical (unpaired) electrons. The van der Waals surface area contributed by atoms with Crippen LogP contribution in [0.5, 0.6) is 0 Å². The highest BCUT2D eigenvalue weighted by atomic mass is 35.5. The van der Waals surface area contributed by atoms with Crippen LogP contribution in [0.1, 0.15) is 48.6 Å². The molecule has 47 heavy (non-hydrogen) atoms. The number of carbonyl (C=O) groups excluding carboxylic acids is 2. The minimum atomic E-state index is -4.21. The normalized spacial score (nSPS) is 12.3. The zero-order valence-electron chi connectivity index (χ0n) is 27.6. The second kappa shape index (κ2) is 14.9. The molecule has 0 spiro atoms. The Hall–Kier alpha value is -3.85. The van der Waals surface area contributed by atoms with E-state index in [0.29, 0.717) is 26.9 Å². The van der Waals surface area contributed by atoms with Gasteiger partial charge >= 0.3 is 0 Å². The van der Waals surface area contributed by atoms with E-state index >= 15 is 0 Å². The number of nitrogens with one attached hydrogen (secondary N) is 1. The summed E-state index contributed by atoms with van der Waals surface area (Å²) in [5.74, 6) is -0.924. The fraction of sp³-hybridized carbons (Fsp3) is 0.297. The van der Waals surface area contributed by atoms with Crippen LogP contribution in [0.2, 0.25) is 10.0 Å². The number of nitrogens with zero attached hydrogens (tertiary/aromatic N) is 2. The van der Waals surface area contributed by atoms with Crippen LogP contribution in [0.15, 0.2) is 95.9 Å². The van der Waals surface area contributed by atoms with E-state index in [1.165, 1.54) is 17.0 Å². The van der Waals surface area contributed by atoms with Crippen molar-refractivity contribution in [2.24, 2.45) is 0 Å². The maximum atomic E-state index is 14.7. The molecule has 2 amide bonds. The summed E-state index contributed by atoms with van der Waals surface area (Å²) in [7, 11) is -4.21. The number of sulfonamides is 1. The molecule has 1 N–H and O–H groups in total. The lowest BCUT2D eigenvalue weighted by Gasteiger charge is -2.35. The number of benzene rings is 4. The van der Waals surface area contributed by atoms with Gasteiger partial charge in [0.2, 0.25) is 11.8 Å². The van der Waals surface area contributed by atoms with Crippen molar-refractivity contribution in [3.63, 3.8) is 0 Å². The van der Waals surface area contributed by atoms with E-state index in [1.54, 1.807) is 43.3 Å². The van der Waals surface area contributed by atoms with Crippen LogP contribution in [0.4, 0.5) is 5.69 Å². The number of hydrogen-bond acceptors (Lipinski definition) is 4. The van der Waals surface area contributed by atoms with Gasteiger partial charge in [0.05, 0.1) is 20.6 Å². The van der Waals surface area contributed by atoms with E-state index in [4.69, 9.17) is 23.2 Å². The minimum absolute atomic E-state index is 0.0179. The Labute approximate surface area is 288 Å². The van der Waals surface area contributed by atoms with Crippen LogP contribution in [0.25, 0.3) is 0 Å². The first kappa shape index (κ1) is 36.0. The van der Waals surface area contributed by atoms with Crippen molar-refractivity contribution in [3.8, 4) is 0 Å². The molecule has 0 aromatic heterocycles. The second-order valence-corrected chi connectivity index (χ2v) is 15.5. The van der Waals surface area contributed by atoms with Crippen LogP contribution in [0.3, 0.4) is 0 Å². The molecule has 248 valence electrons. The van der Waals surface area contributed by atoms with Crippen molar-refractivity contribution in [1.29, 1.82) is 0 Å². The van der Waals surface area contributed by atoms with E-state index in [0.717, 1.165) is 21.0 Å². The Morgan fingerprint density at radius 1 is 0.787 bits per heavy atom. The summed E-state index contributed by atoms with van der Waals surface area (Å²) in [4.78, 5) is 30.2. The monoisotopic (exact) mass is 693 g/mol. The molecule has 7 nitrogen and oxygen atoms in total. The van der Waals surface area contributed by atoms with Gasteiger partial charge in [-0.3, -0.25) is 13.9 Å². The summed E-state index contributed by atoms with van der Waals surface area (Å²) >= 11 is 12.6. The molecule has 4 aromatic rings. The Morgan fingerprint density at radius 2 is 1.43 bits per heavy atom. The fourth-order valence-electron chi connectivity index (χ4n) is 5.18. The standard InChI is InChI=1S/C37H41Cl2N3O4S/c1-25-13-17-30(18-14-25)47(45,46)42(33-20-26(2)12-15-27(33)3)24-35(43)41(23-29-16-19-31(38)32(39)21-29)34(36(44)40-37(4,5)6)22-28-10-8-7-9-11-28/h7-21,34H,22-24H2,1-6H3,(H,40,44). The lowest BCUT2D eigenvalue weighted by atomic mass is 10.0. The topological polar surface area (TPSA) is 86.8 Å². The van der Waals surface area contributed by atoms with Crippen LogP contribution < -0.4 is 9.62 Å². The third kappa shape index (κ3) is 9.37. The number of rotatable bonds is 11. The van der Waals surface area contributed by atoms with E-state index in [-0.39, 0.29) is 23.8 Å². The van der Waals surface area contributed by atoms with Gasteiger partial charge in [0.1, 0.15) is 12.6 Å². The van der Waals surface area contributed by atoms with E-state index in [9.17, 15) is 18.0 Å². The van der Waals surface area contributed by atoms with Crippen molar-refractivity contribution in [2.75, 3.05) is 10.8 Å². The Balaban J connectivity index is 1.86. The van der Waals surface area contributed by atoms with Gasteiger partial charge in [-0.05, 0) is 94.1 Å². The van der Waals surface area contributed by atoms with Gasteiger partial charge in [-0.1, -0.05) is 89.4 Å². The first-order valence-electron chi connectivity index (χ1n) is 15.3. The predicted octanol–water partition coefficient (Wildman–Crippen LogP) is 7.67. The third-order valence-corrected chi connectivity index (χ3v) is 10.1. The first-order chi connectivity index (χ1) is 22.0. The van der Waals surface area contributed by atoms with Crippen LogP contribution in [0, 0.1) is 20.8 Å². The Kier molecular flexibility index (Phi) is 11.4. The molecule has 0 aliphatic carbocycles. The quantitative estimate of drug-likeness (QED) is 0.175. The lowest BCUT2D eigenvalue weighted by molar-refractivity contribution is -0.140. The zero-order chi connectivity index (χ0) is 34.5. The van der Waals surface area contributed by atoms with Crippen molar-refractivity contribution < 1.29 is 18.0 Å². The molecule has 0 bridgehead atoms. The number of halogens is 2. The minimum Gasteiger partial charge on any atom is -0.350 e. The molecule has 4 rings (SSSR count). The number of amides is 2. The highest BCUT2D eigenvalue weighted by Gasteiger charge is 2.36. The van der Waals surface area contributed by atoms with Crippen molar-refractivity contribution in [2.45, 2.75) is 71.0 Å². The molecule has 1 unspecified atom stereocenters. The number of anilines is 1. The summed E-state index contributed by atoms with van der Waals surface area (Å²) in [5.41, 5.74) is 3.68. The average molecular weight is 695 g/mol. The summed E-state index contributed by atoms with van der Waals surface area (Å²) in [5, 5.41) is 3.68. The molecule has 1 atom stereocenters. The smallest absolute Gasteiger partial charge is 0.264 e. The molecule has 4 aromatic carbocycles. The molecule has 0 aliphatic heterocycles. The summed E-state index contributed by atoms with van der Waals surface area (Å²) in [6.45, 7) is 10.6. The van der Waals surface area contributed by atoms with Gasteiger partial charge in [0.15, 0.2) is 0 Å². The maximum Gasteiger partial charge on any atom is 0.264 e. The number of aryl methyl sites for hydroxylation is 3. The molecule has 0 saturated carbocycles. The summed E-state index contributed by atoms with van der Waals surface area (Å²) in [6.07, 6.45) is 0.198. The molecular formula is C37H41Cl2N3O4S. The molecule has 0 fully saturated rings. The van der Waals surface area contributed by atoms with Crippen LogP contribution in [-0.4, -0.2) is 43.3 Å². The number of hydrogen-bond donors (Lipinski definition) is 1. The molecular weight excluding hydrogens is 653 g/mol. The van der Waals surface area contributed by atoms with Crippen molar-refractivity contribution in [1.82, 2.24) is 10.2 Å². The second-order valence-electron chi connectivity index (χ2n) is 12.8. The summed E-state index contributed by atoms with van der Waals surface area (Å²) in [6, 6.07) is 25.4. The van der Waals surface area contributed by atoms with Crippen LogP contribution in [-0.2, 0) is 32.6 Å². The van der Waals surface area contributed by atoms with Crippen LogP contribution >= 0.6 is 23.2 Å². The van der Waals surface area contributed by atoms with E-state index < -0.39 is 34.1 Å². The Morgan fingerprint density at radius 3 is 2.04 bits per heavy atom. The molecule has 0 heterocycles. The third-order valence-electron chi connectivity index (χ3n) is 7.63. The van der Waals surface area contributed by atoms with Crippen molar-refractivity contribution in [3.05, 3.63) is 129 Å². The van der Waals surface area contributed by atoms with Gasteiger partial charge in [0, 0.05) is 18.5 Å². The predicted molar refractivity (Wildman–Crippen MR) is 190 cm³/mol. The number of carbonyl (C=O) groups is 2. The van der Waals surface area contributed by atoms with E-state index in [2.05, 4.69) is 5.32 Å². The zero-order valence-corrected chi connectivity index (χ0v) is 29.9. The lowest BCUT2D eigenvalue weighted by Crippen LogP contribution is -2.56. The molecule has 10 heteroatoms. The summed E-state index contributed by atoms with van der Waals surface area (Å²) < 4.78 is 29.8. The highest BCUT2D eigenvalue weighted by Crippen LogP contribution is 2.30. The fourth-order valence-corrected chi connectivity index (χ4v) is 6.97. The average Bonchev–Trinajstić information content (AvgIpc) is 3.00. The molecule has 0 aliphatic rings. The van der Waals surface area contributed by atoms with Gasteiger partial charge in [-0.2, -0.15) is 0 Å². The Bertz CT molecular complexity index is 1840. The van der Waals surface area contributed by atoms with Gasteiger partial charge in [-0.15, -0.1) is 0 Å². The van der Waals surface area contributed by atoms with E-state index in [1.807, 2.05) is 77.1 Å². The van der Waals surface area contributed by atoms with Crippen molar-refractivity contribution >= 4 is 50.7 Å². The van der Waals surface area contributed by atoms with Gasteiger partial charge in [-0.25, -0.2) is 8.42 Å². The SMILES string of the molecule is Cc1ccc(S(=O)(=O)N(CC(=O)N(Cc2ccc(Cl)c(Cl)c2)C(Cc2ccccc2)C(=O)NC(C)(C)C)c2cc(C)ccc2C)cc1. The van der Waals surface area contributed by atoms with Gasteiger partial charge < -0.3 is 10.2 Å². The molecule has 0 saturated heterocycles. The highest BCUT2D eigenvalue weighted by molar-refractivity contribution is 7.92. The maximum absolute atomic E-state index is 14.7.